The maximum Gasteiger partial charge on any atom is 0.116 e. The molecule has 0 aliphatic carbocycles. The van der Waals surface area contributed by atoms with E-state index in [0.29, 0.717) is 0 Å². The van der Waals surface area contributed by atoms with E-state index in [2.05, 4.69) is 69.8 Å². The highest BCUT2D eigenvalue weighted by molar-refractivity contribution is 7.18. The van der Waals surface area contributed by atoms with Crippen molar-refractivity contribution in [3.8, 4) is 0 Å². The second-order valence-electron chi connectivity index (χ2n) is 6.98. The van der Waals surface area contributed by atoms with Crippen LogP contribution in [0.15, 0.2) is 60.8 Å². The van der Waals surface area contributed by atoms with Crippen molar-refractivity contribution < 1.29 is 0 Å². The highest BCUT2D eigenvalue weighted by Gasteiger charge is 2.27. The van der Waals surface area contributed by atoms with Gasteiger partial charge in [-0.05, 0) is 42.8 Å². The predicted molar refractivity (Wildman–Crippen MR) is 112 cm³/mol. The highest BCUT2D eigenvalue weighted by Crippen LogP contribution is 2.37. The summed E-state index contributed by atoms with van der Waals surface area (Å²) in [6.07, 6.45) is 3.10. The Balaban J connectivity index is 1.69. The first-order chi connectivity index (χ1) is 13.4. The fourth-order valence-corrected chi connectivity index (χ4v) is 5.10. The zero-order chi connectivity index (χ0) is 18.1. The molecule has 2 aromatic heterocycles. The molecule has 27 heavy (non-hydrogen) atoms. The van der Waals surface area contributed by atoms with Gasteiger partial charge in [0.1, 0.15) is 5.01 Å². The molecule has 0 spiro atoms. The molecule has 1 atom stereocenters. The van der Waals surface area contributed by atoms with Gasteiger partial charge in [-0.15, -0.1) is 11.3 Å². The van der Waals surface area contributed by atoms with Crippen LogP contribution in [0.1, 0.15) is 23.0 Å². The van der Waals surface area contributed by atoms with Crippen molar-refractivity contribution in [2.75, 3.05) is 26.2 Å². The minimum Gasteiger partial charge on any atom is -0.315 e. The van der Waals surface area contributed by atoms with Crippen molar-refractivity contribution in [3.05, 3.63) is 71.4 Å². The Hall–Kier alpha value is -2.34. The van der Waals surface area contributed by atoms with Gasteiger partial charge in [0.25, 0.3) is 0 Å². The molecule has 1 saturated heterocycles. The molecular formula is C22H22N4S. The van der Waals surface area contributed by atoms with E-state index in [9.17, 15) is 0 Å². The van der Waals surface area contributed by atoms with Gasteiger partial charge in [0.15, 0.2) is 0 Å². The van der Waals surface area contributed by atoms with Crippen molar-refractivity contribution in [2.24, 2.45) is 0 Å². The lowest BCUT2D eigenvalue weighted by Gasteiger charge is -2.30. The van der Waals surface area contributed by atoms with E-state index >= 15 is 0 Å². The molecule has 0 bridgehead atoms. The number of para-hydroxylation sites is 2. The fourth-order valence-electron chi connectivity index (χ4n) is 3.97. The van der Waals surface area contributed by atoms with E-state index in [1.165, 1.54) is 20.7 Å². The zero-order valence-electron chi connectivity index (χ0n) is 15.1. The van der Waals surface area contributed by atoms with Crippen LogP contribution in [-0.2, 0) is 0 Å². The van der Waals surface area contributed by atoms with E-state index in [1.807, 2.05) is 17.5 Å². The first kappa shape index (κ1) is 16.8. The second-order valence-corrected chi connectivity index (χ2v) is 8.04. The van der Waals surface area contributed by atoms with Gasteiger partial charge in [0, 0.05) is 31.2 Å². The standard InChI is InChI=1S/C22H22N4S/c1-2-7-18-16(6-1)17(10-12-24-18)21(26-14-5-11-23-13-15-26)22-25-19-8-3-4-9-20(19)27-22/h1-4,6-10,12,21,23H,5,11,13-15H2. The third-order valence-electron chi connectivity index (χ3n) is 5.26. The van der Waals surface area contributed by atoms with Crippen molar-refractivity contribution in [2.45, 2.75) is 12.5 Å². The molecule has 2 aromatic carbocycles. The first-order valence-corrected chi connectivity index (χ1v) is 10.4. The molecule has 0 saturated carbocycles. The summed E-state index contributed by atoms with van der Waals surface area (Å²) in [6, 6.07) is 19.2. The average molecular weight is 375 g/mol. The fraction of sp³-hybridized carbons (Fsp3) is 0.273. The Kier molecular flexibility index (Phi) is 4.57. The van der Waals surface area contributed by atoms with Crippen LogP contribution in [0.3, 0.4) is 0 Å². The first-order valence-electron chi connectivity index (χ1n) is 9.54. The molecule has 4 nitrogen and oxygen atoms in total. The molecule has 0 radical (unpaired) electrons. The van der Waals surface area contributed by atoms with Crippen LogP contribution >= 0.6 is 11.3 Å². The van der Waals surface area contributed by atoms with Crippen LogP contribution in [-0.4, -0.2) is 41.0 Å². The summed E-state index contributed by atoms with van der Waals surface area (Å²) >= 11 is 1.82. The monoisotopic (exact) mass is 374 g/mol. The lowest BCUT2D eigenvalue weighted by molar-refractivity contribution is 0.242. The Morgan fingerprint density at radius 1 is 0.926 bits per heavy atom. The van der Waals surface area contributed by atoms with Gasteiger partial charge in [-0.3, -0.25) is 9.88 Å². The molecule has 5 rings (SSSR count). The van der Waals surface area contributed by atoms with Crippen LogP contribution < -0.4 is 5.32 Å². The van der Waals surface area contributed by atoms with E-state index in [0.717, 1.165) is 43.6 Å². The number of nitrogens with zero attached hydrogens (tertiary/aromatic N) is 3. The third-order valence-corrected chi connectivity index (χ3v) is 6.35. The molecule has 5 heteroatoms. The lowest BCUT2D eigenvalue weighted by atomic mass is 10.0. The Morgan fingerprint density at radius 3 is 2.70 bits per heavy atom. The quantitative estimate of drug-likeness (QED) is 0.583. The number of hydrogen-bond donors (Lipinski definition) is 1. The molecule has 1 aliphatic rings. The second kappa shape index (κ2) is 7.35. The molecule has 1 unspecified atom stereocenters. The molecule has 1 aliphatic heterocycles. The average Bonchev–Trinajstić information content (AvgIpc) is 2.95. The van der Waals surface area contributed by atoms with Crippen LogP contribution in [0.25, 0.3) is 21.1 Å². The molecule has 4 aromatic rings. The SMILES string of the molecule is c1ccc2sc(C(c3ccnc4ccccc34)N3CCCNCC3)nc2c1. The number of thiazole rings is 1. The number of benzene rings is 2. The molecule has 3 heterocycles. The van der Waals surface area contributed by atoms with E-state index in [-0.39, 0.29) is 6.04 Å². The van der Waals surface area contributed by atoms with Crippen molar-refractivity contribution in [1.82, 2.24) is 20.2 Å². The minimum atomic E-state index is 0.162. The number of nitrogens with one attached hydrogen (secondary N) is 1. The van der Waals surface area contributed by atoms with Crippen molar-refractivity contribution in [1.29, 1.82) is 0 Å². The van der Waals surface area contributed by atoms with Gasteiger partial charge in [-0.25, -0.2) is 4.98 Å². The third kappa shape index (κ3) is 3.23. The summed E-state index contributed by atoms with van der Waals surface area (Å²) < 4.78 is 1.25. The summed E-state index contributed by atoms with van der Waals surface area (Å²) in [7, 11) is 0. The molecule has 0 amide bonds. The van der Waals surface area contributed by atoms with Crippen molar-refractivity contribution >= 4 is 32.5 Å². The Morgan fingerprint density at radius 2 is 1.78 bits per heavy atom. The minimum absolute atomic E-state index is 0.162. The van der Waals surface area contributed by atoms with E-state index < -0.39 is 0 Å². The van der Waals surface area contributed by atoms with Gasteiger partial charge in [-0.2, -0.15) is 0 Å². The number of hydrogen-bond acceptors (Lipinski definition) is 5. The number of rotatable bonds is 3. The zero-order valence-corrected chi connectivity index (χ0v) is 16.0. The van der Waals surface area contributed by atoms with Crippen molar-refractivity contribution in [3.63, 3.8) is 0 Å². The van der Waals surface area contributed by atoms with Gasteiger partial charge in [0.05, 0.1) is 21.8 Å². The summed E-state index contributed by atoms with van der Waals surface area (Å²) in [5, 5.41) is 5.93. The number of pyridine rings is 1. The maximum atomic E-state index is 5.04. The largest absolute Gasteiger partial charge is 0.315 e. The topological polar surface area (TPSA) is 41.1 Å². The molecule has 1 fully saturated rings. The lowest BCUT2D eigenvalue weighted by Crippen LogP contribution is -2.33. The molecule has 1 N–H and O–H groups in total. The normalized spacial score (nSPS) is 17.2. The number of aromatic nitrogens is 2. The van der Waals surface area contributed by atoms with Gasteiger partial charge < -0.3 is 5.32 Å². The van der Waals surface area contributed by atoms with Crippen LogP contribution in [0.4, 0.5) is 0 Å². The number of fused-ring (bicyclic) bond motifs is 2. The Bertz CT molecular complexity index is 1030. The predicted octanol–water partition coefficient (Wildman–Crippen LogP) is 4.23. The van der Waals surface area contributed by atoms with Gasteiger partial charge >= 0.3 is 0 Å². The van der Waals surface area contributed by atoms with Gasteiger partial charge in [0.2, 0.25) is 0 Å². The maximum absolute atomic E-state index is 5.04. The molecular weight excluding hydrogens is 352 g/mol. The van der Waals surface area contributed by atoms with E-state index in [1.54, 1.807) is 0 Å². The highest BCUT2D eigenvalue weighted by atomic mass is 32.1. The van der Waals surface area contributed by atoms with Crippen LogP contribution in [0, 0.1) is 0 Å². The van der Waals surface area contributed by atoms with E-state index in [4.69, 9.17) is 4.98 Å². The van der Waals surface area contributed by atoms with Crippen LogP contribution in [0.5, 0.6) is 0 Å². The Labute approximate surface area is 162 Å². The summed E-state index contributed by atoms with van der Waals surface area (Å²) in [5.41, 5.74) is 3.45. The summed E-state index contributed by atoms with van der Waals surface area (Å²) in [5.74, 6) is 0. The van der Waals surface area contributed by atoms with Gasteiger partial charge in [-0.1, -0.05) is 30.3 Å². The van der Waals surface area contributed by atoms with Crippen LogP contribution in [0.2, 0.25) is 0 Å². The molecule has 136 valence electrons. The smallest absolute Gasteiger partial charge is 0.116 e. The summed E-state index contributed by atoms with van der Waals surface area (Å²) in [6.45, 7) is 4.20. The summed E-state index contributed by atoms with van der Waals surface area (Å²) in [4.78, 5) is 12.2.